The van der Waals surface area contributed by atoms with Gasteiger partial charge >= 0.3 is 0 Å². The van der Waals surface area contributed by atoms with E-state index in [4.69, 9.17) is 4.74 Å². The first-order valence-electron chi connectivity index (χ1n) is 13.1. The number of amides is 3. The van der Waals surface area contributed by atoms with Gasteiger partial charge in [-0.15, -0.1) is 0 Å². The molecular weight excluding hydrogens is 446 g/mol. The molecule has 192 valence electrons. The molecule has 3 saturated heterocycles. The van der Waals surface area contributed by atoms with E-state index >= 15 is 0 Å². The van der Waals surface area contributed by atoms with Crippen molar-refractivity contribution in [2.45, 2.75) is 82.6 Å². The number of ether oxygens (including phenoxy) is 1. The topological polar surface area (TPSA) is 108 Å². The van der Waals surface area contributed by atoms with Crippen molar-refractivity contribution in [2.24, 2.45) is 11.8 Å². The van der Waals surface area contributed by atoms with Crippen molar-refractivity contribution in [1.82, 2.24) is 15.5 Å². The molecule has 2 bridgehead atoms. The highest BCUT2D eigenvalue weighted by atomic mass is 16.5. The molecule has 0 aromatic heterocycles. The van der Waals surface area contributed by atoms with Gasteiger partial charge in [-0.1, -0.05) is 50.6 Å². The second kappa shape index (κ2) is 10.3. The van der Waals surface area contributed by atoms with Crippen LogP contribution in [-0.2, 0) is 25.5 Å². The maximum atomic E-state index is 14.1. The van der Waals surface area contributed by atoms with Crippen LogP contribution < -0.4 is 10.6 Å². The Morgan fingerprint density at radius 1 is 1.11 bits per heavy atom. The summed E-state index contributed by atoms with van der Waals surface area (Å²) in [5, 5.41) is 16.4. The zero-order valence-corrected chi connectivity index (χ0v) is 21.1. The van der Waals surface area contributed by atoms with Crippen LogP contribution in [0, 0.1) is 11.8 Å². The summed E-state index contributed by atoms with van der Waals surface area (Å²) in [5.41, 5.74) is -0.894. The lowest BCUT2D eigenvalue weighted by atomic mass is 9.66. The van der Waals surface area contributed by atoms with Crippen molar-refractivity contribution in [1.29, 1.82) is 0 Å². The fourth-order valence-electron chi connectivity index (χ4n) is 6.44. The normalized spacial score (nSPS) is 31.9. The molecule has 1 aromatic rings. The van der Waals surface area contributed by atoms with E-state index in [-0.39, 0.29) is 24.3 Å². The Bertz CT molecular complexity index is 940. The number of carbonyl (C=O) groups excluding carboxylic acids is 3. The highest BCUT2D eigenvalue weighted by Gasteiger charge is 2.78. The van der Waals surface area contributed by atoms with E-state index in [0.717, 1.165) is 24.8 Å². The molecule has 3 aliphatic rings. The van der Waals surface area contributed by atoms with Crippen molar-refractivity contribution in [3.05, 3.63) is 35.9 Å². The Morgan fingerprint density at radius 3 is 2.49 bits per heavy atom. The standard InChI is InChI=1S/C27H39N3O5/c1-4-6-15-29-24(33)22-27-13-12-26(3,35-27)20(23(32)28-14-5-2)21(27)25(34)30(22)19(17-31)16-18-10-8-7-9-11-18/h7-11,19-22,31H,4-6,12-17H2,1-3H3,(H,28,32)(H,29,33)/t19-,20-,21+,22?,26+,27?/m1/s1. The highest BCUT2D eigenvalue weighted by Crippen LogP contribution is 2.63. The number of benzene rings is 1. The maximum absolute atomic E-state index is 14.1. The molecule has 35 heavy (non-hydrogen) atoms. The first-order valence-corrected chi connectivity index (χ1v) is 13.1. The van der Waals surface area contributed by atoms with Gasteiger partial charge in [-0.2, -0.15) is 0 Å². The molecule has 3 N–H and O–H groups in total. The van der Waals surface area contributed by atoms with E-state index in [2.05, 4.69) is 17.6 Å². The SMILES string of the molecule is CCCCNC(=O)C1N([C@@H](CO)Cc2ccccc2)C(=O)[C@@H]2[C@H](C(=O)NCCC)[C@]3(C)CCC12O3. The first-order chi connectivity index (χ1) is 16.8. The molecule has 0 saturated carbocycles. The second-order valence-corrected chi connectivity index (χ2v) is 10.4. The van der Waals surface area contributed by atoms with Crippen molar-refractivity contribution in [3.8, 4) is 0 Å². The fourth-order valence-corrected chi connectivity index (χ4v) is 6.44. The Balaban J connectivity index is 1.72. The number of fused-ring (bicyclic) bond motifs is 1. The van der Waals surface area contributed by atoms with Crippen LogP contribution >= 0.6 is 0 Å². The molecule has 8 heteroatoms. The van der Waals surface area contributed by atoms with Gasteiger partial charge in [-0.25, -0.2) is 0 Å². The minimum Gasteiger partial charge on any atom is -0.394 e. The summed E-state index contributed by atoms with van der Waals surface area (Å²) in [6, 6.07) is 8.16. The van der Waals surface area contributed by atoms with Crippen LogP contribution in [0.5, 0.6) is 0 Å². The molecule has 3 amide bonds. The van der Waals surface area contributed by atoms with Crippen LogP contribution in [0.3, 0.4) is 0 Å². The Hall–Kier alpha value is -2.45. The summed E-state index contributed by atoms with van der Waals surface area (Å²) in [5.74, 6) is -2.13. The van der Waals surface area contributed by atoms with Crippen LogP contribution in [0.1, 0.15) is 58.4 Å². The Labute approximate surface area is 207 Å². The predicted octanol–water partition coefficient (Wildman–Crippen LogP) is 1.80. The summed E-state index contributed by atoms with van der Waals surface area (Å²) in [6.07, 6.45) is 4.10. The van der Waals surface area contributed by atoms with Gasteiger partial charge in [0.2, 0.25) is 17.7 Å². The fraction of sp³-hybridized carbons (Fsp3) is 0.667. The van der Waals surface area contributed by atoms with E-state index in [9.17, 15) is 19.5 Å². The van der Waals surface area contributed by atoms with Gasteiger partial charge in [0.1, 0.15) is 11.6 Å². The van der Waals surface area contributed by atoms with Crippen molar-refractivity contribution in [3.63, 3.8) is 0 Å². The third-order valence-corrected chi connectivity index (χ3v) is 8.04. The van der Waals surface area contributed by atoms with E-state index < -0.39 is 35.1 Å². The molecule has 0 aliphatic carbocycles. The van der Waals surface area contributed by atoms with Gasteiger partial charge in [0, 0.05) is 13.1 Å². The van der Waals surface area contributed by atoms with Crippen molar-refractivity contribution >= 4 is 17.7 Å². The largest absolute Gasteiger partial charge is 0.394 e. The molecular formula is C27H39N3O5. The van der Waals surface area contributed by atoms with E-state index in [0.29, 0.717) is 32.4 Å². The average Bonchev–Trinajstić information content (AvgIpc) is 3.42. The van der Waals surface area contributed by atoms with Gasteiger partial charge in [0.15, 0.2) is 0 Å². The molecule has 1 spiro atoms. The number of hydrogen-bond acceptors (Lipinski definition) is 5. The molecule has 3 aliphatic heterocycles. The lowest BCUT2D eigenvalue weighted by Gasteiger charge is -2.37. The summed E-state index contributed by atoms with van der Waals surface area (Å²) in [4.78, 5) is 42.6. The summed E-state index contributed by atoms with van der Waals surface area (Å²) in [7, 11) is 0. The maximum Gasteiger partial charge on any atom is 0.245 e. The molecule has 2 unspecified atom stereocenters. The highest BCUT2D eigenvalue weighted by molar-refractivity contribution is 5.99. The van der Waals surface area contributed by atoms with Crippen molar-refractivity contribution < 1.29 is 24.2 Å². The van der Waals surface area contributed by atoms with E-state index in [1.807, 2.05) is 44.2 Å². The predicted molar refractivity (Wildman–Crippen MR) is 131 cm³/mol. The molecule has 6 atom stereocenters. The van der Waals surface area contributed by atoms with Gasteiger partial charge in [-0.3, -0.25) is 14.4 Å². The monoisotopic (exact) mass is 485 g/mol. The van der Waals surface area contributed by atoms with E-state index in [1.165, 1.54) is 0 Å². The van der Waals surface area contributed by atoms with Gasteiger partial charge in [0.05, 0.1) is 30.1 Å². The zero-order valence-electron chi connectivity index (χ0n) is 21.1. The minimum absolute atomic E-state index is 0.190. The van der Waals surface area contributed by atoms with Crippen LogP contribution in [0.15, 0.2) is 30.3 Å². The summed E-state index contributed by atoms with van der Waals surface area (Å²) < 4.78 is 6.60. The Kier molecular flexibility index (Phi) is 7.52. The lowest BCUT2D eigenvalue weighted by molar-refractivity contribution is -0.149. The van der Waals surface area contributed by atoms with Gasteiger partial charge in [-0.05, 0) is 44.6 Å². The third kappa shape index (κ3) is 4.35. The Morgan fingerprint density at radius 2 is 1.83 bits per heavy atom. The molecule has 0 radical (unpaired) electrons. The van der Waals surface area contributed by atoms with Crippen LogP contribution in [0.2, 0.25) is 0 Å². The number of hydrogen-bond donors (Lipinski definition) is 3. The van der Waals surface area contributed by atoms with Crippen LogP contribution in [-0.4, -0.2) is 70.7 Å². The summed E-state index contributed by atoms with van der Waals surface area (Å²) >= 11 is 0. The van der Waals surface area contributed by atoms with Crippen LogP contribution in [0.4, 0.5) is 0 Å². The quantitative estimate of drug-likeness (QED) is 0.414. The summed E-state index contributed by atoms with van der Waals surface area (Å²) in [6.45, 7) is 6.68. The molecule has 1 aromatic carbocycles. The second-order valence-electron chi connectivity index (χ2n) is 10.4. The van der Waals surface area contributed by atoms with Gasteiger partial charge in [0.25, 0.3) is 0 Å². The molecule has 8 nitrogen and oxygen atoms in total. The number of likely N-dealkylation sites (tertiary alicyclic amines) is 1. The van der Waals surface area contributed by atoms with Crippen LogP contribution in [0.25, 0.3) is 0 Å². The number of rotatable bonds is 11. The number of aliphatic hydroxyl groups is 1. The zero-order chi connectivity index (χ0) is 25.2. The minimum atomic E-state index is -1.07. The number of unbranched alkanes of at least 4 members (excludes halogenated alkanes) is 1. The average molecular weight is 486 g/mol. The molecule has 3 fully saturated rings. The number of carbonyl (C=O) groups is 3. The number of nitrogens with one attached hydrogen (secondary N) is 2. The lowest BCUT2D eigenvalue weighted by Crippen LogP contribution is -2.58. The number of nitrogens with zero attached hydrogens (tertiary/aromatic N) is 1. The first kappa shape index (κ1) is 25.6. The van der Waals surface area contributed by atoms with E-state index in [1.54, 1.807) is 4.90 Å². The smallest absolute Gasteiger partial charge is 0.245 e. The molecule has 4 rings (SSSR count). The molecule has 3 heterocycles. The van der Waals surface area contributed by atoms with Gasteiger partial charge < -0.3 is 25.4 Å². The number of aliphatic hydroxyl groups excluding tert-OH is 1. The third-order valence-electron chi connectivity index (χ3n) is 8.04. The van der Waals surface area contributed by atoms with Crippen molar-refractivity contribution in [2.75, 3.05) is 19.7 Å².